The summed E-state index contributed by atoms with van der Waals surface area (Å²) in [6.07, 6.45) is 4.75. The van der Waals surface area contributed by atoms with E-state index in [0.717, 1.165) is 31.9 Å². The zero-order chi connectivity index (χ0) is 11.8. The van der Waals surface area contributed by atoms with Crippen molar-refractivity contribution in [2.24, 2.45) is 5.92 Å². The molecule has 1 rings (SSSR count). The van der Waals surface area contributed by atoms with Gasteiger partial charge in [-0.3, -0.25) is 4.98 Å². The van der Waals surface area contributed by atoms with Crippen molar-refractivity contribution in [2.75, 3.05) is 13.2 Å². The molecule has 0 aliphatic rings. The van der Waals surface area contributed by atoms with Crippen molar-refractivity contribution in [3.05, 3.63) is 24.0 Å². The minimum atomic E-state index is 0.539. The number of rotatable bonds is 7. The van der Waals surface area contributed by atoms with Crippen molar-refractivity contribution in [3.63, 3.8) is 0 Å². The van der Waals surface area contributed by atoms with E-state index in [-0.39, 0.29) is 0 Å². The van der Waals surface area contributed by atoms with Gasteiger partial charge < -0.3 is 10.1 Å². The van der Waals surface area contributed by atoms with Crippen LogP contribution in [0.5, 0.6) is 5.75 Å². The molecule has 0 aromatic carbocycles. The second-order valence-corrected chi connectivity index (χ2v) is 4.37. The summed E-state index contributed by atoms with van der Waals surface area (Å²) in [5.41, 5.74) is 1.18. The van der Waals surface area contributed by atoms with E-state index in [1.54, 1.807) is 6.20 Å². The second-order valence-electron chi connectivity index (χ2n) is 4.37. The Kier molecular flexibility index (Phi) is 5.86. The molecule has 3 nitrogen and oxygen atoms in total. The van der Waals surface area contributed by atoms with Gasteiger partial charge in [-0.2, -0.15) is 0 Å². The van der Waals surface area contributed by atoms with Gasteiger partial charge in [0.15, 0.2) is 0 Å². The van der Waals surface area contributed by atoms with E-state index in [2.05, 4.69) is 31.1 Å². The van der Waals surface area contributed by atoms with E-state index >= 15 is 0 Å². The van der Waals surface area contributed by atoms with Gasteiger partial charge in [0.1, 0.15) is 5.75 Å². The zero-order valence-electron chi connectivity index (χ0n) is 10.5. The highest BCUT2D eigenvalue weighted by molar-refractivity contribution is 5.29. The monoisotopic (exact) mass is 222 g/mol. The topological polar surface area (TPSA) is 34.2 Å². The molecule has 1 N–H and O–H groups in total. The molecule has 0 saturated heterocycles. The predicted molar refractivity (Wildman–Crippen MR) is 66.6 cm³/mol. The molecule has 3 heteroatoms. The third-order valence-electron chi connectivity index (χ3n) is 2.18. The van der Waals surface area contributed by atoms with E-state index in [1.807, 2.05) is 12.3 Å². The Morgan fingerprint density at radius 1 is 1.44 bits per heavy atom. The molecule has 16 heavy (non-hydrogen) atoms. The summed E-state index contributed by atoms with van der Waals surface area (Å²) in [6, 6.07) is 2.01. The fourth-order valence-electron chi connectivity index (χ4n) is 1.34. The maximum absolute atomic E-state index is 5.73. The highest BCUT2D eigenvalue weighted by Crippen LogP contribution is 2.16. The third kappa shape index (κ3) is 4.62. The number of aromatic nitrogens is 1. The normalized spacial score (nSPS) is 10.8. The maximum Gasteiger partial charge on any atom is 0.142 e. The van der Waals surface area contributed by atoms with Gasteiger partial charge in [-0.25, -0.2) is 0 Å². The first-order valence-corrected chi connectivity index (χ1v) is 6.00. The molecule has 1 aromatic heterocycles. The average Bonchev–Trinajstić information content (AvgIpc) is 2.28. The Balaban J connectivity index is 2.53. The minimum absolute atomic E-state index is 0.539. The van der Waals surface area contributed by atoms with Crippen molar-refractivity contribution < 1.29 is 4.74 Å². The molecule has 0 unspecified atom stereocenters. The fraction of sp³-hybridized carbons (Fsp3) is 0.615. The van der Waals surface area contributed by atoms with E-state index in [0.29, 0.717) is 5.92 Å². The molecule has 0 aliphatic carbocycles. The highest BCUT2D eigenvalue weighted by Gasteiger charge is 2.04. The number of pyridine rings is 1. The van der Waals surface area contributed by atoms with Gasteiger partial charge in [-0.05, 0) is 24.9 Å². The fourth-order valence-corrected chi connectivity index (χ4v) is 1.34. The summed E-state index contributed by atoms with van der Waals surface area (Å²) in [6.45, 7) is 9.08. The molecule has 0 amide bonds. The smallest absolute Gasteiger partial charge is 0.142 e. The molecular weight excluding hydrogens is 200 g/mol. The van der Waals surface area contributed by atoms with Gasteiger partial charge in [0.05, 0.1) is 12.8 Å². The van der Waals surface area contributed by atoms with E-state index in [9.17, 15) is 0 Å². The Bertz CT molecular complexity index is 300. The Hall–Kier alpha value is -1.09. The highest BCUT2D eigenvalue weighted by atomic mass is 16.5. The van der Waals surface area contributed by atoms with Gasteiger partial charge >= 0.3 is 0 Å². The van der Waals surface area contributed by atoms with Crippen LogP contribution >= 0.6 is 0 Å². The zero-order valence-corrected chi connectivity index (χ0v) is 10.5. The Morgan fingerprint density at radius 2 is 2.25 bits per heavy atom. The van der Waals surface area contributed by atoms with Crippen LogP contribution in [0.3, 0.4) is 0 Å². The van der Waals surface area contributed by atoms with Crippen LogP contribution < -0.4 is 10.1 Å². The average molecular weight is 222 g/mol. The van der Waals surface area contributed by atoms with Gasteiger partial charge in [0, 0.05) is 18.3 Å². The van der Waals surface area contributed by atoms with Crippen molar-refractivity contribution in [1.82, 2.24) is 10.3 Å². The van der Waals surface area contributed by atoms with Crippen LogP contribution in [-0.2, 0) is 6.54 Å². The quantitative estimate of drug-likeness (QED) is 0.720. The number of ether oxygens (including phenoxy) is 1. The predicted octanol–water partition coefficient (Wildman–Crippen LogP) is 2.62. The lowest BCUT2D eigenvalue weighted by Crippen LogP contribution is -2.15. The molecular formula is C13H22N2O. The first-order valence-electron chi connectivity index (χ1n) is 6.00. The third-order valence-corrected chi connectivity index (χ3v) is 2.18. The van der Waals surface area contributed by atoms with Gasteiger partial charge in [-0.15, -0.1) is 0 Å². The molecule has 0 aliphatic heterocycles. The maximum atomic E-state index is 5.73. The molecule has 0 atom stereocenters. The summed E-state index contributed by atoms with van der Waals surface area (Å²) in [5, 5.41) is 3.37. The van der Waals surface area contributed by atoms with Crippen LogP contribution in [0.25, 0.3) is 0 Å². The summed E-state index contributed by atoms with van der Waals surface area (Å²) < 4.78 is 5.73. The van der Waals surface area contributed by atoms with E-state index < -0.39 is 0 Å². The largest absolute Gasteiger partial charge is 0.491 e. The molecule has 90 valence electrons. The summed E-state index contributed by atoms with van der Waals surface area (Å²) in [4.78, 5) is 4.10. The number of hydrogen-bond acceptors (Lipinski definition) is 3. The number of nitrogens with zero attached hydrogens (tertiary/aromatic N) is 1. The molecule has 0 fully saturated rings. The van der Waals surface area contributed by atoms with Crippen molar-refractivity contribution in [3.8, 4) is 5.75 Å². The lowest BCUT2D eigenvalue weighted by atomic mass is 10.2. The standard InChI is InChI=1S/C13H22N2O/c1-4-6-14-8-12-5-7-15-9-13(12)16-10-11(2)3/h5,7,9,11,14H,4,6,8,10H2,1-3H3. The van der Waals surface area contributed by atoms with Crippen molar-refractivity contribution in [2.45, 2.75) is 33.7 Å². The molecule has 0 spiro atoms. The van der Waals surface area contributed by atoms with Gasteiger partial charge in [0.25, 0.3) is 0 Å². The van der Waals surface area contributed by atoms with Gasteiger partial charge in [-0.1, -0.05) is 20.8 Å². The number of nitrogens with one attached hydrogen (secondary N) is 1. The van der Waals surface area contributed by atoms with Crippen LogP contribution in [0, 0.1) is 5.92 Å². The van der Waals surface area contributed by atoms with Crippen LogP contribution in [-0.4, -0.2) is 18.1 Å². The molecule has 1 aromatic rings. The molecule has 1 heterocycles. The summed E-state index contributed by atoms with van der Waals surface area (Å²) >= 11 is 0. The lowest BCUT2D eigenvalue weighted by molar-refractivity contribution is 0.267. The molecule has 0 bridgehead atoms. The Morgan fingerprint density at radius 3 is 2.94 bits per heavy atom. The minimum Gasteiger partial charge on any atom is -0.491 e. The number of hydrogen-bond donors (Lipinski definition) is 1. The van der Waals surface area contributed by atoms with E-state index in [4.69, 9.17) is 4.74 Å². The Labute approximate surface area is 98.2 Å². The summed E-state index contributed by atoms with van der Waals surface area (Å²) in [7, 11) is 0. The van der Waals surface area contributed by atoms with E-state index in [1.165, 1.54) is 5.56 Å². The van der Waals surface area contributed by atoms with Gasteiger partial charge in [0.2, 0.25) is 0 Å². The molecule has 0 saturated carbocycles. The SMILES string of the molecule is CCCNCc1ccncc1OCC(C)C. The first-order chi connectivity index (χ1) is 7.74. The molecule has 0 radical (unpaired) electrons. The first kappa shape index (κ1) is 13.0. The van der Waals surface area contributed by atoms with Crippen LogP contribution in [0.2, 0.25) is 0 Å². The van der Waals surface area contributed by atoms with Crippen molar-refractivity contribution >= 4 is 0 Å². The lowest BCUT2D eigenvalue weighted by Gasteiger charge is -2.12. The second kappa shape index (κ2) is 7.23. The summed E-state index contributed by atoms with van der Waals surface area (Å²) in [5.74, 6) is 1.44. The van der Waals surface area contributed by atoms with Crippen LogP contribution in [0.15, 0.2) is 18.5 Å². The van der Waals surface area contributed by atoms with Crippen LogP contribution in [0.1, 0.15) is 32.8 Å². The van der Waals surface area contributed by atoms with Crippen LogP contribution in [0.4, 0.5) is 0 Å². The van der Waals surface area contributed by atoms with Crippen molar-refractivity contribution in [1.29, 1.82) is 0 Å².